The largest absolute Gasteiger partial charge is 0.382 e. The second-order valence-corrected chi connectivity index (χ2v) is 1.89. The van der Waals surface area contributed by atoms with E-state index in [-0.39, 0.29) is 0 Å². The van der Waals surface area contributed by atoms with Crippen LogP contribution in [0.25, 0.3) is 11.0 Å². The van der Waals surface area contributed by atoms with Crippen LogP contribution >= 0.6 is 0 Å². The molecule has 0 spiro atoms. The topological polar surface area (TPSA) is 80.5 Å². The first kappa shape index (κ1) is 5.16. The predicted octanol–water partition coefficient (Wildman–Crippen LogP) is -0.0649. The minimum absolute atomic E-state index is 0.440. The highest BCUT2D eigenvalue weighted by atomic mass is 15.2. The Labute approximate surface area is 56.3 Å². The zero-order valence-corrected chi connectivity index (χ0v) is 5.07. The third-order valence-electron chi connectivity index (χ3n) is 1.27. The summed E-state index contributed by atoms with van der Waals surface area (Å²) in [5, 5.41) is 7.17. The number of hydrogen-bond donors (Lipinski definition) is 2. The molecule has 0 amide bonds. The summed E-state index contributed by atoms with van der Waals surface area (Å²) in [6, 6.07) is 0. The van der Waals surface area contributed by atoms with Gasteiger partial charge in [0.05, 0.1) is 5.39 Å². The van der Waals surface area contributed by atoms with Crippen LogP contribution in [0.1, 0.15) is 0 Å². The number of nitrogens with zero attached hydrogens (tertiary/aromatic N) is 3. The molecule has 0 saturated heterocycles. The zero-order valence-electron chi connectivity index (χ0n) is 5.07. The number of anilines is 1. The first-order valence-corrected chi connectivity index (χ1v) is 2.77. The van der Waals surface area contributed by atoms with Gasteiger partial charge in [0.25, 0.3) is 0 Å². The average Bonchev–Trinajstić information content (AvgIpc) is 2.34. The highest BCUT2D eigenvalue weighted by molar-refractivity contribution is 5.84. The van der Waals surface area contributed by atoms with Gasteiger partial charge in [0.15, 0.2) is 11.5 Å². The van der Waals surface area contributed by atoms with Gasteiger partial charge in [-0.2, -0.15) is 5.10 Å². The molecule has 0 aliphatic rings. The smallest absolute Gasteiger partial charge is 0.160 e. The van der Waals surface area contributed by atoms with Gasteiger partial charge in [0.1, 0.15) is 6.33 Å². The summed E-state index contributed by atoms with van der Waals surface area (Å²) >= 11 is 0. The molecule has 0 atom stereocenters. The van der Waals surface area contributed by atoms with E-state index in [0.717, 1.165) is 5.39 Å². The molecule has 0 unspecified atom stereocenters. The summed E-state index contributed by atoms with van der Waals surface area (Å²) in [7, 11) is 0. The van der Waals surface area contributed by atoms with E-state index in [4.69, 9.17) is 5.73 Å². The molecule has 0 aromatic carbocycles. The van der Waals surface area contributed by atoms with Gasteiger partial charge in [-0.05, 0) is 0 Å². The number of hydrogen-bond acceptors (Lipinski definition) is 4. The molecule has 2 rings (SSSR count). The third kappa shape index (κ3) is 0.540. The summed E-state index contributed by atoms with van der Waals surface area (Å²) in [5.74, 6) is 0.440. The summed E-state index contributed by atoms with van der Waals surface area (Å²) in [4.78, 5) is 7.69. The van der Waals surface area contributed by atoms with Gasteiger partial charge in [-0.15, -0.1) is 0 Å². The fourth-order valence-corrected chi connectivity index (χ4v) is 0.780. The SMILES string of the molecule is Nc1n[nH]c2ncncc12. The van der Waals surface area contributed by atoms with Crippen LogP contribution in [0.5, 0.6) is 0 Å². The maximum absolute atomic E-state index is 5.45. The number of fused-ring (bicyclic) bond motifs is 1. The molecule has 0 fully saturated rings. The maximum atomic E-state index is 5.45. The average molecular weight is 135 g/mol. The van der Waals surface area contributed by atoms with Crippen molar-refractivity contribution in [3.05, 3.63) is 12.5 Å². The minimum atomic E-state index is 0.440. The van der Waals surface area contributed by atoms with E-state index in [0.29, 0.717) is 11.5 Å². The first-order chi connectivity index (χ1) is 4.88. The van der Waals surface area contributed by atoms with Crippen molar-refractivity contribution in [2.45, 2.75) is 0 Å². The standard InChI is InChI=1S/C5H5N5/c6-4-3-1-7-2-8-5(3)10-9-4/h1-2H,(H3,6,7,8,9,10). The summed E-state index contributed by atoms with van der Waals surface area (Å²) in [6.07, 6.45) is 3.07. The molecule has 2 heterocycles. The second-order valence-electron chi connectivity index (χ2n) is 1.89. The molecule has 0 saturated carbocycles. The fraction of sp³-hybridized carbons (Fsp3) is 0. The molecule has 0 aliphatic heterocycles. The Morgan fingerprint density at radius 3 is 3.20 bits per heavy atom. The highest BCUT2D eigenvalue weighted by Gasteiger charge is 1.99. The normalized spacial score (nSPS) is 10.4. The molecule has 5 nitrogen and oxygen atoms in total. The Morgan fingerprint density at radius 2 is 2.40 bits per heavy atom. The lowest BCUT2D eigenvalue weighted by atomic mass is 10.4. The van der Waals surface area contributed by atoms with Crippen LogP contribution in [0.3, 0.4) is 0 Å². The summed E-state index contributed by atoms with van der Waals surface area (Å²) in [5.41, 5.74) is 6.13. The van der Waals surface area contributed by atoms with Crippen molar-refractivity contribution in [3.63, 3.8) is 0 Å². The number of rotatable bonds is 0. The molecule has 5 heteroatoms. The van der Waals surface area contributed by atoms with Gasteiger partial charge >= 0.3 is 0 Å². The number of nitrogens with two attached hydrogens (primary N) is 1. The van der Waals surface area contributed by atoms with E-state index in [9.17, 15) is 0 Å². The monoisotopic (exact) mass is 135 g/mol. The number of nitrogens with one attached hydrogen (secondary N) is 1. The van der Waals surface area contributed by atoms with E-state index in [2.05, 4.69) is 20.2 Å². The predicted molar refractivity (Wildman–Crippen MR) is 36.1 cm³/mol. The van der Waals surface area contributed by atoms with Gasteiger partial charge in [0, 0.05) is 6.20 Å². The molecule has 50 valence electrons. The van der Waals surface area contributed by atoms with Gasteiger partial charge in [-0.1, -0.05) is 0 Å². The van der Waals surface area contributed by atoms with E-state index in [1.54, 1.807) is 6.20 Å². The van der Waals surface area contributed by atoms with Crippen LogP contribution < -0.4 is 5.73 Å². The molecule has 0 aliphatic carbocycles. The molecule has 2 aromatic rings. The van der Waals surface area contributed by atoms with Crippen molar-refractivity contribution in [2.24, 2.45) is 0 Å². The number of nitrogen functional groups attached to an aromatic ring is 1. The quantitative estimate of drug-likeness (QED) is 0.530. The molecule has 10 heavy (non-hydrogen) atoms. The van der Waals surface area contributed by atoms with Gasteiger partial charge in [0.2, 0.25) is 0 Å². The van der Waals surface area contributed by atoms with Crippen LogP contribution in [0.4, 0.5) is 5.82 Å². The molecule has 3 N–H and O–H groups in total. The first-order valence-electron chi connectivity index (χ1n) is 2.77. The molecular formula is C5H5N5. The summed E-state index contributed by atoms with van der Waals surface area (Å²) in [6.45, 7) is 0. The Balaban J connectivity index is 2.93. The van der Waals surface area contributed by atoms with Crippen molar-refractivity contribution in [2.75, 3.05) is 5.73 Å². The number of aromatic nitrogens is 4. The van der Waals surface area contributed by atoms with Crippen molar-refractivity contribution in [1.29, 1.82) is 0 Å². The van der Waals surface area contributed by atoms with E-state index >= 15 is 0 Å². The lowest BCUT2D eigenvalue weighted by Crippen LogP contribution is -1.84. The van der Waals surface area contributed by atoms with Crippen LogP contribution in [-0.4, -0.2) is 20.2 Å². The van der Waals surface area contributed by atoms with Crippen molar-refractivity contribution >= 4 is 16.9 Å². The van der Waals surface area contributed by atoms with Crippen molar-refractivity contribution < 1.29 is 0 Å². The maximum Gasteiger partial charge on any atom is 0.160 e. The van der Waals surface area contributed by atoms with Crippen LogP contribution in [0, 0.1) is 0 Å². The van der Waals surface area contributed by atoms with Gasteiger partial charge in [-0.3, -0.25) is 5.10 Å². The van der Waals surface area contributed by atoms with Crippen molar-refractivity contribution in [1.82, 2.24) is 20.2 Å². The van der Waals surface area contributed by atoms with Crippen LogP contribution in [-0.2, 0) is 0 Å². The van der Waals surface area contributed by atoms with E-state index < -0.39 is 0 Å². The Morgan fingerprint density at radius 1 is 1.50 bits per heavy atom. The van der Waals surface area contributed by atoms with Crippen LogP contribution in [0.2, 0.25) is 0 Å². The van der Waals surface area contributed by atoms with Crippen molar-refractivity contribution in [3.8, 4) is 0 Å². The van der Waals surface area contributed by atoms with Crippen LogP contribution in [0.15, 0.2) is 12.5 Å². The highest BCUT2D eigenvalue weighted by Crippen LogP contribution is 2.11. The molecule has 0 bridgehead atoms. The molecular weight excluding hydrogens is 130 g/mol. The number of H-pyrrole nitrogens is 1. The lowest BCUT2D eigenvalue weighted by Gasteiger charge is -1.83. The Bertz CT molecular complexity index is 352. The van der Waals surface area contributed by atoms with E-state index in [1.807, 2.05) is 0 Å². The fourth-order valence-electron chi connectivity index (χ4n) is 0.780. The molecule has 0 radical (unpaired) electrons. The van der Waals surface area contributed by atoms with Gasteiger partial charge < -0.3 is 5.73 Å². The summed E-state index contributed by atoms with van der Waals surface area (Å²) < 4.78 is 0. The third-order valence-corrected chi connectivity index (χ3v) is 1.27. The van der Waals surface area contributed by atoms with E-state index in [1.165, 1.54) is 6.33 Å². The Kier molecular flexibility index (Phi) is 0.858. The Hall–Kier alpha value is -1.65. The molecule has 2 aromatic heterocycles. The lowest BCUT2D eigenvalue weighted by molar-refractivity contribution is 1.09. The second kappa shape index (κ2) is 1.66. The minimum Gasteiger partial charge on any atom is -0.382 e. The zero-order chi connectivity index (χ0) is 6.97. The van der Waals surface area contributed by atoms with Gasteiger partial charge in [-0.25, -0.2) is 9.97 Å². The number of aromatic amines is 1.